The lowest BCUT2D eigenvalue weighted by atomic mass is 10.1. The van der Waals surface area contributed by atoms with E-state index >= 15 is 0 Å². The molecule has 0 spiro atoms. The highest BCUT2D eigenvalue weighted by atomic mass is 79.9. The van der Waals surface area contributed by atoms with Crippen molar-refractivity contribution >= 4 is 33.2 Å². The van der Waals surface area contributed by atoms with Crippen LogP contribution in [0.5, 0.6) is 0 Å². The van der Waals surface area contributed by atoms with Crippen molar-refractivity contribution in [2.45, 2.75) is 20.3 Å². The van der Waals surface area contributed by atoms with Gasteiger partial charge in [-0.2, -0.15) is 0 Å². The first-order chi connectivity index (χ1) is 10.5. The number of nitrogens with zero attached hydrogens (tertiary/aromatic N) is 1. The highest BCUT2D eigenvalue weighted by Gasteiger charge is 2.07. The SMILES string of the molecule is CC(C)CCNc1cncc(C(=O)Nc2ccc(Br)cc2)c1. The van der Waals surface area contributed by atoms with Crippen molar-refractivity contribution < 1.29 is 4.79 Å². The summed E-state index contributed by atoms with van der Waals surface area (Å²) in [5.41, 5.74) is 2.16. The van der Waals surface area contributed by atoms with Gasteiger partial charge in [0.2, 0.25) is 0 Å². The molecule has 1 aromatic heterocycles. The number of aromatic nitrogens is 1. The van der Waals surface area contributed by atoms with E-state index in [1.165, 1.54) is 0 Å². The predicted octanol–water partition coefficient (Wildman–Crippen LogP) is 4.55. The van der Waals surface area contributed by atoms with E-state index in [1.807, 2.05) is 30.3 Å². The number of benzene rings is 1. The molecule has 0 atom stereocenters. The molecule has 2 rings (SSSR count). The summed E-state index contributed by atoms with van der Waals surface area (Å²) in [5, 5.41) is 6.15. The van der Waals surface area contributed by atoms with Crippen molar-refractivity contribution in [2.75, 3.05) is 17.2 Å². The van der Waals surface area contributed by atoms with Crippen LogP contribution in [-0.4, -0.2) is 17.4 Å². The molecule has 22 heavy (non-hydrogen) atoms. The number of hydrogen-bond acceptors (Lipinski definition) is 3. The van der Waals surface area contributed by atoms with Crippen molar-refractivity contribution in [1.29, 1.82) is 0 Å². The number of anilines is 2. The van der Waals surface area contributed by atoms with E-state index in [-0.39, 0.29) is 5.91 Å². The fourth-order valence-corrected chi connectivity index (χ4v) is 2.17. The van der Waals surface area contributed by atoms with Crippen LogP contribution in [0.15, 0.2) is 47.2 Å². The summed E-state index contributed by atoms with van der Waals surface area (Å²) in [4.78, 5) is 16.4. The molecule has 5 heteroatoms. The molecule has 1 aromatic carbocycles. The number of amides is 1. The van der Waals surface area contributed by atoms with Crippen molar-refractivity contribution in [3.63, 3.8) is 0 Å². The lowest BCUT2D eigenvalue weighted by Gasteiger charge is -2.10. The van der Waals surface area contributed by atoms with Crippen LogP contribution in [-0.2, 0) is 0 Å². The highest BCUT2D eigenvalue weighted by Crippen LogP contribution is 2.16. The van der Waals surface area contributed by atoms with E-state index in [2.05, 4.69) is 45.4 Å². The zero-order valence-electron chi connectivity index (χ0n) is 12.8. The van der Waals surface area contributed by atoms with Crippen molar-refractivity contribution in [2.24, 2.45) is 5.92 Å². The number of halogens is 1. The van der Waals surface area contributed by atoms with Crippen molar-refractivity contribution in [1.82, 2.24) is 4.98 Å². The number of carbonyl (C=O) groups excluding carboxylic acids is 1. The molecular weight excluding hydrogens is 342 g/mol. The third kappa shape index (κ3) is 5.15. The normalized spacial score (nSPS) is 10.5. The van der Waals surface area contributed by atoms with Crippen LogP contribution in [0.4, 0.5) is 11.4 Å². The maximum atomic E-state index is 12.2. The Kier molecular flexibility index (Phi) is 5.95. The summed E-state index contributed by atoms with van der Waals surface area (Å²) in [6.45, 7) is 5.24. The molecule has 0 radical (unpaired) electrons. The third-order valence-corrected chi connectivity index (χ3v) is 3.68. The number of hydrogen-bond donors (Lipinski definition) is 2. The van der Waals surface area contributed by atoms with Gasteiger partial charge >= 0.3 is 0 Å². The third-order valence-electron chi connectivity index (χ3n) is 3.15. The first kappa shape index (κ1) is 16.5. The molecule has 0 saturated heterocycles. The molecule has 0 bridgehead atoms. The Morgan fingerprint density at radius 1 is 1.18 bits per heavy atom. The smallest absolute Gasteiger partial charge is 0.257 e. The number of carbonyl (C=O) groups is 1. The van der Waals surface area contributed by atoms with Gasteiger partial charge in [0.25, 0.3) is 5.91 Å². The molecule has 0 aliphatic carbocycles. The molecule has 2 aromatic rings. The number of pyridine rings is 1. The molecule has 1 amide bonds. The second-order valence-electron chi connectivity index (χ2n) is 5.53. The van der Waals surface area contributed by atoms with E-state index in [9.17, 15) is 4.79 Å². The lowest BCUT2D eigenvalue weighted by Crippen LogP contribution is -2.13. The van der Waals surface area contributed by atoms with Crippen molar-refractivity contribution in [3.8, 4) is 0 Å². The van der Waals surface area contributed by atoms with Crippen LogP contribution in [0.1, 0.15) is 30.6 Å². The first-order valence-corrected chi connectivity index (χ1v) is 8.10. The fraction of sp³-hybridized carbons (Fsp3) is 0.294. The number of rotatable bonds is 6. The average Bonchev–Trinajstić information content (AvgIpc) is 2.49. The maximum Gasteiger partial charge on any atom is 0.257 e. The standard InChI is InChI=1S/C17H20BrN3O/c1-12(2)7-8-20-16-9-13(10-19-11-16)17(22)21-15-5-3-14(18)4-6-15/h3-6,9-12,20H,7-8H2,1-2H3,(H,21,22). The van der Waals surface area contributed by atoms with E-state index < -0.39 is 0 Å². The molecule has 116 valence electrons. The van der Waals surface area contributed by atoms with Gasteiger partial charge in [-0.25, -0.2) is 0 Å². The van der Waals surface area contributed by atoms with E-state index in [0.717, 1.165) is 28.8 Å². The van der Waals surface area contributed by atoms with Gasteiger partial charge < -0.3 is 10.6 Å². The Labute approximate surface area is 139 Å². The highest BCUT2D eigenvalue weighted by molar-refractivity contribution is 9.10. The first-order valence-electron chi connectivity index (χ1n) is 7.30. The van der Waals surface area contributed by atoms with Crippen molar-refractivity contribution in [3.05, 3.63) is 52.8 Å². The zero-order chi connectivity index (χ0) is 15.9. The molecule has 0 unspecified atom stereocenters. The van der Waals surface area contributed by atoms with E-state index in [0.29, 0.717) is 11.5 Å². The Balaban J connectivity index is 1.99. The Morgan fingerprint density at radius 2 is 1.91 bits per heavy atom. The minimum atomic E-state index is -0.165. The summed E-state index contributed by atoms with van der Waals surface area (Å²) in [6, 6.07) is 9.29. The van der Waals surface area contributed by atoms with Gasteiger partial charge in [0.15, 0.2) is 0 Å². The van der Waals surface area contributed by atoms with Gasteiger partial charge in [0, 0.05) is 29.1 Å². The summed E-state index contributed by atoms with van der Waals surface area (Å²) in [7, 11) is 0. The van der Waals surface area contributed by atoms with Crippen LogP contribution >= 0.6 is 15.9 Å². The summed E-state index contributed by atoms with van der Waals surface area (Å²) >= 11 is 3.37. The molecule has 0 saturated carbocycles. The van der Waals surface area contributed by atoms with Crippen LogP contribution in [0.25, 0.3) is 0 Å². The minimum absolute atomic E-state index is 0.165. The summed E-state index contributed by atoms with van der Waals surface area (Å²) in [6.07, 6.45) is 4.38. The van der Waals surface area contributed by atoms with E-state index in [1.54, 1.807) is 12.4 Å². The average molecular weight is 362 g/mol. The molecule has 0 aliphatic heterocycles. The van der Waals surface area contributed by atoms with E-state index in [4.69, 9.17) is 0 Å². The molecule has 1 heterocycles. The second kappa shape index (κ2) is 7.94. The minimum Gasteiger partial charge on any atom is -0.384 e. The van der Waals surface area contributed by atoms with Gasteiger partial charge in [0.1, 0.15) is 0 Å². The fourth-order valence-electron chi connectivity index (χ4n) is 1.90. The second-order valence-corrected chi connectivity index (χ2v) is 6.45. The monoisotopic (exact) mass is 361 g/mol. The Bertz CT molecular complexity index is 626. The van der Waals surface area contributed by atoms with Gasteiger partial charge in [-0.15, -0.1) is 0 Å². The predicted molar refractivity (Wildman–Crippen MR) is 94.3 cm³/mol. The largest absolute Gasteiger partial charge is 0.384 e. The zero-order valence-corrected chi connectivity index (χ0v) is 14.4. The number of nitrogens with one attached hydrogen (secondary N) is 2. The quantitative estimate of drug-likeness (QED) is 0.792. The maximum absolute atomic E-state index is 12.2. The summed E-state index contributed by atoms with van der Waals surface area (Å²) < 4.78 is 0.975. The lowest BCUT2D eigenvalue weighted by molar-refractivity contribution is 0.102. The van der Waals surface area contributed by atoms with Crippen LogP contribution < -0.4 is 10.6 Å². The Hall–Kier alpha value is -1.88. The molecule has 0 fully saturated rings. The topological polar surface area (TPSA) is 54.0 Å². The molecular formula is C17H20BrN3O. The van der Waals surface area contributed by atoms with Gasteiger partial charge in [-0.3, -0.25) is 9.78 Å². The Morgan fingerprint density at radius 3 is 2.59 bits per heavy atom. The van der Waals surface area contributed by atoms with Gasteiger partial charge in [-0.05, 0) is 42.7 Å². The molecule has 0 aliphatic rings. The summed E-state index contributed by atoms with van der Waals surface area (Å²) in [5.74, 6) is 0.478. The van der Waals surface area contributed by atoms with Gasteiger partial charge in [-0.1, -0.05) is 29.8 Å². The molecule has 2 N–H and O–H groups in total. The van der Waals surface area contributed by atoms with Crippen LogP contribution in [0.3, 0.4) is 0 Å². The van der Waals surface area contributed by atoms with Crippen LogP contribution in [0.2, 0.25) is 0 Å². The molecule has 4 nitrogen and oxygen atoms in total. The van der Waals surface area contributed by atoms with Crippen LogP contribution in [0, 0.1) is 5.92 Å². The van der Waals surface area contributed by atoms with Gasteiger partial charge in [0.05, 0.1) is 11.3 Å².